The van der Waals surface area contributed by atoms with Crippen LogP contribution >= 0.6 is 0 Å². The van der Waals surface area contributed by atoms with Crippen molar-refractivity contribution in [2.24, 2.45) is 0 Å². The molecule has 0 saturated heterocycles. The van der Waals surface area contributed by atoms with Gasteiger partial charge in [0.1, 0.15) is 18.4 Å². The molecule has 0 bridgehead atoms. The van der Waals surface area contributed by atoms with Crippen LogP contribution in [-0.4, -0.2) is 35.2 Å². The molecule has 1 aliphatic rings. The van der Waals surface area contributed by atoms with Gasteiger partial charge in [0, 0.05) is 18.7 Å². The molecule has 4 heteroatoms. The zero-order chi connectivity index (χ0) is 13.0. The number of carboxylic acid groups (broad SMARTS) is 1. The summed E-state index contributed by atoms with van der Waals surface area (Å²) in [5.41, 5.74) is 1.07. The Morgan fingerprint density at radius 2 is 2.28 bits per heavy atom. The highest BCUT2D eigenvalue weighted by atomic mass is 16.5. The molecular formula is C14H19NO3. The van der Waals surface area contributed by atoms with Gasteiger partial charge in [-0.15, -0.1) is 0 Å². The fourth-order valence-electron chi connectivity index (χ4n) is 2.35. The molecule has 0 aliphatic carbocycles. The number of hydrogen-bond donors (Lipinski definition) is 1. The lowest BCUT2D eigenvalue weighted by Gasteiger charge is -2.26. The van der Waals surface area contributed by atoms with Crippen LogP contribution < -0.4 is 4.74 Å². The monoisotopic (exact) mass is 249 g/mol. The fourth-order valence-corrected chi connectivity index (χ4v) is 2.35. The van der Waals surface area contributed by atoms with E-state index in [1.807, 2.05) is 36.1 Å². The average Bonchev–Trinajstić information content (AvgIpc) is 2.57. The first kappa shape index (κ1) is 12.9. The molecule has 0 spiro atoms. The van der Waals surface area contributed by atoms with Gasteiger partial charge in [0.05, 0.1) is 0 Å². The molecule has 2 rings (SSSR count). The third-order valence-corrected chi connectivity index (χ3v) is 3.27. The van der Waals surface area contributed by atoms with Gasteiger partial charge in [-0.1, -0.05) is 31.5 Å². The van der Waals surface area contributed by atoms with Crippen molar-refractivity contribution < 1.29 is 14.6 Å². The van der Waals surface area contributed by atoms with Crippen molar-refractivity contribution in [3.63, 3.8) is 0 Å². The van der Waals surface area contributed by atoms with E-state index in [1.54, 1.807) is 0 Å². The summed E-state index contributed by atoms with van der Waals surface area (Å²) in [7, 11) is 0. The van der Waals surface area contributed by atoms with Gasteiger partial charge in [-0.2, -0.15) is 0 Å². The molecule has 0 radical (unpaired) electrons. The van der Waals surface area contributed by atoms with Crippen LogP contribution in [0.25, 0.3) is 0 Å². The SMILES string of the molecule is CCCC(C(=O)O)N1CCOc2ccccc2C1. The van der Waals surface area contributed by atoms with E-state index in [0.717, 1.165) is 17.7 Å². The van der Waals surface area contributed by atoms with Crippen molar-refractivity contribution in [1.29, 1.82) is 0 Å². The van der Waals surface area contributed by atoms with E-state index in [4.69, 9.17) is 4.74 Å². The maximum atomic E-state index is 11.3. The molecule has 0 fully saturated rings. The highest BCUT2D eigenvalue weighted by molar-refractivity contribution is 5.73. The summed E-state index contributed by atoms with van der Waals surface area (Å²) in [5, 5.41) is 9.31. The number of aliphatic carboxylic acids is 1. The van der Waals surface area contributed by atoms with Crippen molar-refractivity contribution in [3.05, 3.63) is 29.8 Å². The normalized spacial score (nSPS) is 17.4. The zero-order valence-electron chi connectivity index (χ0n) is 10.6. The summed E-state index contributed by atoms with van der Waals surface area (Å²) in [4.78, 5) is 13.3. The minimum absolute atomic E-state index is 0.412. The predicted molar refractivity (Wildman–Crippen MR) is 68.7 cm³/mol. The highest BCUT2D eigenvalue weighted by Crippen LogP contribution is 2.24. The van der Waals surface area contributed by atoms with Gasteiger partial charge in [-0.25, -0.2) is 0 Å². The number of fused-ring (bicyclic) bond motifs is 1. The fraction of sp³-hybridized carbons (Fsp3) is 0.500. The molecule has 0 aromatic heterocycles. The maximum Gasteiger partial charge on any atom is 0.320 e. The van der Waals surface area contributed by atoms with E-state index in [1.165, 1.54) is 0 Å². The first-order chi connectivity index (χ1) is 8.72. The Hall–Kier alpha value is -1.55. The highest BCUT2D eigenvalue weighted by Gasteiger charge is 2.27. The molecule has 98 valence electrons. The third-order valence-electron chi connectivity index (χ3n) is 3.27. The topological polar surface area (TPSA) is 49.8 Å². The smallest absolute Gasteiger partial charge is 0.320 e. The quantitative estimate of drug-likeness (QED) is 0.888. The second-order valence-corrected chi connectivity index (χ2v) is 4.57. The molecule has 0 saturated carbocycles. The van der Waals surface area contributed by atoms with Crippen LogP contribution in [0.4, 0.5) is 0 Å². The third kappa shape index (κ3) is 2.82. The number of ether oxygens (including phenoxy) is 1. The molecule has 4 nitrogen and oxygen atoms in total. The molecule has 1 aromatic rings. The summed E-state index contributed by atoms with van der Waals surface area (Å²) in [6.45, 7) is 3.86. The number of hydrogen-bond acceptors (Lipinski definition) is 3. The second-order valence-electron chi connectivity index (χ2n) is 4.57. The first-order valence-corrected chi connectivity index (χ1v) is 6.40. The van der Waals surface area contributed by atoms with Gasteiger partial charge in [-0.05, 0) is 12.5 Å². The van der Waals surface area contributed by atoms with Crippen LogP contribution in [0.3, 0.4) is 0 Å². The van der Waals surface area contributed by atoms with E-state index in [-0.39, 0.29) is 0 Å². The molecule has 1 unspecified atom stereocenters. The zero-order valence-corrected chi connectivity index (χ0v) is 10.6. The summed E-state index contributed by atoms with van der Waals surface area (Å²) in [6.07, 6.45) is 1.55. The van der Waals surface area contributed by atoms with Gasteiger partial charge in [0.25, 0.3) is 0 Å². The van der Waals surface area contributed by atoms with E-state index < -0.39 is 12.0 Å². The second kappa shape index (κ2) is 5.87. The van der Waals surface area contributed by atoms with Gasteiger partial charge in [-0.3, -0.25) is 9.69 Å². The summed E-state index contributed by atoms with van der Waals surface area (Å²) < 4.78 is 5.65. The van der Waals surface area contributed by atoms with Gasteiger partial charge < -0.3 is 9.84 Å². The van der Waals surface area contributed by atoms with Gasteiger partial charge >= 0.3 is 5.97 Å². The number of para-hydroxylation sites is 1. The molecule has 1 heterocycles. The van der Waals surface area contributed by atoms with Crippen molar-refractivity contribution in [3.8, 4) is 5.75 Å². The van der Waals surface area contributed by atoms with Crippen molar-refractivity contribution >= 4 is 5.97 Å². The lowest BCUT2D eigenvalue weighted by molar-refractivity contribution is -0.143. The molecule has 1 atom stereocenters. The Balaban J connectivity index is 2.18. The molecular weight excluding hydrogens is 230 g/mol. The lowest BCUT2D eigenvalue weighted by atomic mass is 10.1. The summed E-state index contributed by atoms with van der Waals surface area (Å²) in [5.74, 6) is 0.136. The molecule has 0 amide bonds. The maximum absolute atomic E-state index is 11.3. The number of rotatable bonds is 4. The Morgan fingerprint density at radius 3 is 3.00 bits per heavy atom. The van der Waals surface area contributed by atoms with Crippen LogP contribution in [0.2, 0.25) is 0 Å². The van der Waals surface area contributed by atoms with Crippen LogP contribution in [0.15, 0.2) is 24.3 Å². The van der Waals surface area contributed by atoms with Crippen molar-refractivity contribution in [2.45, 2.75) is 32.4 Å². The van der Waals surface area contributed by atoms with Gasteiger partial charge in [0.2, 0.25) is 0 Å². The van der Waals surface area contributed by atoms with E-state index >= 15 is 0 Å². The van der Waals surface area contributed by atoms with Crippen LogP contribution in [-0.2, 0) is 11.3 Å². The first-order valence-electron chi connectivity index (χ1n) is 6.40. The van der Waals surface area contributed by atoms with Crippen LogP contribution in [0.1, 0.15) is 25.3 Å². The minimum Gasteiger partial charge on any atom is -0.492 e. The van der Waals surface area contributed by atoms with E-state index in [2.05, 4.69) is 0 Å². The average molecular weight is 249 g/mol. The Labute approximate surface area is 107 Å². The molecule has 1 aromatic carbocycles. The number of nitrogens with zero attached hydrogens (tertiary/aromatic N) is 1. The van der Waals surface area contributed by atoms with Gasteiger partial charge in [0.15, 0.2) is 0 Å². The summed E-state index contributed by atoms with van der Waals surface area (Å²) >= 11 is 0. The number of carboxylic acids is 1. The standard InChI is InChI=1S/C14H19NO3/c1-2-5-12(14(16)17)15-8-9-18-13-7-4-3-6-11(13)10-15/h3-4,6-7,12H,2,5,8-10H2,1H3,(H,16,17). The largest absolute Gasteiger partial charge is 0.492 e. The Bertz CT molecular complexity index is 419. The molecule has 18 heavy (non-hydrogen) atoms. The molecule has 1 aliphatic heterocycles. The Kier molecular flexibility index (Phi) is 4.20. The van der Waals surface area contributed by atoms with E-state index in [0.29, 0.717) is 26.1 Å². The Morgan fingerprint density at radius 1 is 1.50 bits per heavy atom. The lowest BCUT2D eigenvalue weighted by Crippen LogP contribution is -2.41. The number of benzene rings is 1. The summed E-state index contributed by atoms with van der Waals surface area (Å²) in [6, 6.07) is 7.42. The van der Waals surface area contributed by atoms with Crippen molar-refractivity contribution in [1.82, 2.24) is 4.90 Å². The predicted octanol–water partition coefficient (Wildman–Crippen LogP) is 2.13. The minimum atomic E-state index is -0.740. The van der Waals surface area contributed by atoms with E-state index in [9.17, 15) is 9.90 Å². The van der Waals surface area contributed by atoms with Crippen LogP contribution in [0.5, 0.6) is 5.75 Å². The van der Waals surface area contributed by atoms with Crippen LogP contribution in [0, 0.1) is 0 Å². The number of carbonyl (C=O) groups is 1. The van der Waals surface area contributed by atoms with Crippen molar-refractivity contribution in [2.75, 3.05) is 13.2 Å². The molecule has 1 N–H and O–H groups in total.